The molecule has 0 radical (unpaired) electrons. The Kier molecular flexibility index (Phi) is 3.51. The van der Waals surface area contributed by atoms with Gasteiger partial charge in [0, 0.05) is 11.1 Å². The highest BCUT2D eigenvalue weighted by Crippen LogP contribution is 2.22. The molecule has 0 aliphatic carbocycles. The van der Waals surface area contributed by atoms with E-state index < -0.39 is 0 Å². The van der Waals surface area contributed by atoms with Crippen molar-refractivity contribution in [2.45, 2.75) is 0 Å². The molecule has 2 rings (SSSR count). The van der Waals surface area contributed by atoms with Crippen LogP contribution in [-0.4, -0.2) is 15.2 Å². The molecule has 0 amide bonds. The first kappa shape index (κ1) is 12.0. The summed E-state index contributed by atoms with van der Waals surface area (Å²) < 4.78 is 0. The lowest BCUT2D eigenvalue weighted by Gasteiger charge is -2.00. The Morgan fingerprint density at radius 2 is 2.11 bits per heavy atom. The minimum absolute atomic E-state index is 0.0812. The largest absolute Gasteiger partial charge is 0.389 e. The molecule has 88 valence electrons. The topological polar surface area (TPSA) is 78.5 Å². The molecule has 5 heteroatoms. The van der Waals surface area contributed by atoms with Crippen molar-refractivity contribution in [1.29, 1.82) is 5.26 Å². The van der Waals surface area contributed by atoms with Gasteiger partial charge in [-0.3, -0.25) is 5.10 Å². The van der Waals surface area contributed by atoms with Crippen LogP contribution in [0.15, 0.2) is 42.1 Å². The maximum Gasteiger partial charge on any atom is 0.114 e. The SMILES string of the molecule is N#C/C(=C/c1cn[nH]c1-c1ccccc1)C(N)=S. The molecule has 18 heavy (non-hydrogen) atoms. The van der Waals surface area contributed by atoms with E-state index in [9.17, 15) is 0 Å². The number of benzene rings is 1. The minimum atomic E-state index is 0.0812. The number of H-pyrrole nitrogens is 1. The second-order valence-electron chi connectivity index (χ2n) is 3.60. The van der Waals surface area contributed by atoms with E-state index in [-0.39, 0.29) is 10.6 Å². The summed E-state index contributed by atoms with van der Waals surface area (Å²) in [5.74, 6) is 0. The summed E-state index contributed by atoms with van der Waals surface area (Å²) in [6.45, 7) is 0. The fraction of sp³-hybridized carbons (Fsp3) is 0. The predicted molar refractivity (Wildman–Crippen MR) is 74.4 cm³/mol. The van der Waals surface area contributed by atoms with Gasteiger partial charge in [-0.25, -0.2) is 0 Å². The number of nitrogens with zero attached hydrogens (tertiary/aromatic N) is 2. The third-order valence-corrected chi connectivity index (χ3v) is 2.64. The number of nitrogens with two attached hydrogens (primary N) is 1. The van der Waals surface area contributed by atoms with Crippen LogP contribution in [0, 0.1) is 11.3 Å². The molecule has 0 saturated heterocycles. The van der Waals surface area contributed by atoms with Crippen LogP contribution in [-0.2, 0) is 0 Å². The molecule has 0 fully saturated rings. The lowest BCUT2D eigenvalue weighted by Crippen LogP contribution is -2.09. The standard InChI is InChI=1S/C13H10N4S/c14-7-10(13(15)18)6-11-8-16-17-12(11)9-4-2-1-3-5-9/h1-6,8H,(H2,15,18)(H,16,17)/b10-6-. The van der Waals surface area contributed by atoms with Crippen molar-refractivity contribution in [2.75, 3.05) is 0 Å². The highest BCUT2D eigenvalue weighted by Gasteiger charge is 2.07. The number of rotatable bonds is 3. The van der Waals surface area contributed by atoms with E-state index in [1.807, 2.05) is 36.4 Å². The molecule has 0 bridgehead atoms. The summed E-state index contributed by atoms with van der Waals surface area (Å²) in [6.07, 6.45) is 3.27. The zero-order chi connectivity index (χ0) is 13.0. The van der Waals surface area contributed by atoms with E-state index in [1.165, 1.54) is 0 Å². The van der Waals surface area contributed by atoms with Gasteiger partial charge >= 0.3 is 0 Å². The molecule has 2 aromatic rings. The number of hydrogen-bond donors (Lipinski definition) is 2. The molecule has 4 nitrogen and oxygen atoms in total. The van der Waals surface area contributed by atoms with Gasteiger partial charge in [-0.2, -0.15) is 10.4 Å². The average molecular weight is 254 g/mol. The number of aromatic nitrogens is 2. The first-order chi connectivity index (χ1) is 8.72. The second-order valence-corrected chi connectivity index (χ2v) is 4.04. The Balaban J connectivity index is 2.47. The third-order valence-electron chi connectivity index (χ3n) is 2.42. The van der Waals surface area contributed by atoms with Gasteiger partial charge in [0.25, 0.3) is 0 Å². The molecule has 0 spiro atoms. The summed E-state index contributed by atoms with van der Waals surface area (Å²) in [7, 11) is 0. The van der Waals surface area contributed by atoms with Crippen LogP contribution < -0.4 is 5.73 Å². The quantitative estimate of drug-likeness (QED) is 0.500. The molecule has 1 aromatic carbocycles. The zero-order valence-corrected chi connectivity index (χ0v) is 10.2. The smallest absolute Gasteiger partial charge is 0.114 e. The fourth-order valence-corrected chi connectivity index (χ4v) is 1.66. The van der Waals surface area contributed by atoms with Crippen LogP contribution in [0.1, 0.15) is 5.56 Å². The lowest BCUT2D eigenvalue weighted by molar-refractivity contribution is 1.10. The average Bonchev–Trinajstić information content (AvgIpc) is 2.84. The normalized spacial score (nSPS) is 10.9. The van der Waals surface area contributed by atoms with Crippen LogP contribution in [0.25, 0.3) is 17.3 Å². The summed E-state index contributed by atoms with van der Waals surface area (Å²) >= 11 is 4.81. The molecule has 0 atom stereocenters. The van der Waals surface area contributed by atoms with Crippen molar-refractivity contribution in [3.05, 3.63) is 47.7 Å². The van der Waals surface area contributed by atoms with Crippen molar-refractivity contribution in [2.24, 2.45) is 5.73 Å². The van der Waals surface area contributed by atoms with Crippen LogP contribution >= 0.6 is 12.2 Å². The summed E-state index contributed by atoms with van der Waals surface area (Å²) in [5.41, 5.74) is 8.33. The Morgan fingerprint density at radius 1 is 1.39 bits per heavy atom. The van der Waals surface area contributed by atoms with Gasteiger partial charge < -0.3 is 5.73 Å². The van der Waals surface area contributed by atoms with E-state index in [0.29, 0.717) is 0 Å². The van der Waals surface area contributed by atoms with Gasteiger partial charge in [0.05, 0.1) is 17.5 Å². The molecule has 0 unspecified atom stereocenters. The van der Waals surface area contributed by atoms with Crippen molar-refractivity contribution >= 4 is 23.3 Å². The van der Waals surface area contributed by atoms with Crippen molar-refractivity contribution in [3.8, 4) is 17.3 Å². The predicted octanol–water partition coefficient (Wildman–Crippen LogP) is 2.27. The molecular weight excluding hydrogens is 244 g/mol. The molecular formula is C13H10N4S. The van der Waals surface area contributed by atoms with Crippen molar-refractivity contribution in [1.82, 2.24) is 10.2 Å². The van der Waals surface area contributed by atoms with Crippen LogP contribution in [0.2, 0.25) is 0 Å². The third kappa shape index (κ3) is 2.44. The number of nitriles is 1. The van der Waals surface area contributed by atoms with Crippen molar-refractivity contribution in [3.63, 3.8) is 0 Å². The highest BCUT2D eigenvalue weighted by molar-refractivity contribution is 7.80. The van der Waals surface area contributed by atoms with Gasteiger partial charge in [0.2, 0.25) is 0 Å². The van der Waals surface area contributed by atoms with Gasteiger partial charge in [-0.05, 0) is 6.08 Å². The Morgan fingerprint density at radius 3 is 2.72 bits per heavy atom. The first-order valence-electron chi connectivity index (χ1n) is 5.22. The van der Waals surface area contributed by atoms with E-state index in [0.717, 1.165) is 16.8 Å². The second kappa shape index (κ2) is 5.25. The summed E-state index contributed by atoms with van der Waals surface area (Å²) in [6, 6.07) is 11.7. The van der Waals surface area contributed by atoms with Gasteiger partial charge in [0.15, 0.2) is 0 Å². The minimum Gasteiger partial charge on any atom is -0.389 e. The molecule has 3 N–H and O–H groups in total. The van der Waals surface area contributed by atoms with Crippen molar-refractivity contribution < 1.29 is 0 Å². The van der Waals surface area contributed by atoms with Gasteiger partial charge in [-0.1, -0.05) is 42.5 Å². The van der Waals surface area contributed by atoms with E-state index in [1.54, 1.807) is 12.3 Å². The molecule has 1 aromatic heterocycles. The van der Waals surface area contributed by atoms with Crippen LogP contribution in [0.4, 0.5) is 0 Å². The Labute approximate surface area is 110 Å². The fourth-order valence-electron chi connectivity index (χ4n) is 1.55. The first-order valence-corrected chi connectivity index (χ1v) is 5.63. The summed E-state index contributed by atoms with van der Waals surface area (Å²) in [4.78, 5) is 0.0812. The maximum absolute atomic E-state index is 8.94. The Hall–Kier alpha value is -2.45. The van der Waals surface area contributed by atoms with E-state index >= 15 is 0 Å². The highest BCUT2D eigenvalue weighted by atomic mass is 32.1. The number of hydrogen-bond acceptors (Lipinski definition) is 3. The van der Waals surface area contributed by atoms with Gasteiger partial charge in [-0.15, -0.1) is 0 Å². The lowest BCUT2D eigenvalue weighted by atomic mass is 10.1. The van der Waals surface area contributed by atoms with Crippen LogP contribution in [0.3, 0.4) is 0 Å². The van der Waals surface area contributed by atoms with E-state index in [4.69, 9.17) is 23.2 Å². The molecule has 1 heterocycles. The maximum atomic E-state index is 8.94. The zero-order valence-electron chi connectivity index (χ0n) is 9.42. The number of nitrogens with one attached hydrogen (secondary N) is 1. The summed E-state index contributed by atoms with van der Waals surface area (Å²) in [5, 5.41) is 15.8. The van der Waals surface area contributed by atoms with Crippen LogP contribution in [0.5, 0.6) is 0 Å². The molecule has 0 aliphatic rings. The molecule has 0 aliphatic heterocycles. The monoisotopic (exact) mass is 254 g/mol. The molecule has 0 saturated carbocycles. The number of thiocarbonyl (C=S) groups is 1. The van der Waals surface area contributed by atoms with Gasteiger partial charge in [0.1, 0.15) is 11.1 Å². The van der Waals surface area contributed by atoms with E-state index in [2.05, 4.69) is 10.2 Å². The Bertz CT molecular complexity index is 635. The number of aromatic amines is 1.